The van der Waals surface area contributed by atoms with Crippen LogP contribution in [0.25, 0.3) is 10.9 Å². The fourth-order valence-corrected chi connectivity index (χ4v) is 12.0. The third kappa shape index (κ3) is 22.6. The number of carboxylic acids is 1. The van der Waals surface area contributed by atoms with E-state index in [0.717, 1.165) is 26.5 Å². The molecule has 3 unspecified atom stereocenters. The number of H-pyrrole nitrogens is 1. The number of benzene rings is 1. The molecule has 21 N–H and O–H groups in total. The largest absolute Gasteiger partial charge is 0.481 e. The number of aromatic nitrogens is 1. The van der Waals surface area contributed by atoms with Gasteiger partial charge in [0.2, 0.25) is 70.9 Å². The molecule has 32 nitrogen and oxygen atoms in total. The highest BCUT2D eigenvalue weighted by Gasteiger charge is 2.41. The van der Waals surface area contributed by atoms with E-state index in [-0.39, 0.29) is 80.8 Å². The number of carbonyl (C=O) groups is 13. The first-order valence-electron chi connectivity index (χ1n) is 27.9. The number of aliphatic imine (C=N–C) groups is 1. The number of primary amides is 1. The number of aromatic amines is 1. The maximum absolute atomic E-state index is 14.5. The van der Waals surface area contributed by atoms with Gasteiger partial charge in [-0.25, -0.2) is 0 Å². The first-order chi connectivity index (χ1) is 41.7. The van der Waals surface area contributed by atoms with Crippen LogP contribution in [-0.2, 0) is 68.7 Å². The van der Waals surface area contributed by atoms with Gasteiger partial charge >= 0.3 is 5.97 Å². The lowest BCUT2D eigenvalue weighted by atomic mass is 10.0. The summed E-state index contributed by atoms with van der Waals surface area (Å²) >= 11 is 8.25. The number of nitrogens with one attached hydrogen (secondary N) is 11. The molecule has 2 fully saturated rings. The number of fused-ring (bicyclic) bond motifs is 2. The number of thiol groups is 2. The number of nitrogens with zero attached hydrogens (tertiary/aromatic N) is 2. The molecule has 0 bridgehead atoms. The molecule has 12 amide bonds. The smallest absolute Gasteiger partial charge is 0.305 e. The summed E-state index contributed by atoms with van der Waals surface area (Å²) in [5, 5.41) is 45.6. The summed E-state index contributed by atoms with van der Waals surface area (Å²) in [4.78, 5) is 186. The third-order valence-electron chi connectivity index (χ3n) is 13.7. The molecule has 0 radical (unpaired) electrons. The number of guanidine groups is 1. The van der Waals surface area contributed by atoms with E-state index in [4.69, 9.17) is 22.9 Å². The van der Waals surface area contributed by atoms with E-state index in [1.807, 2.05) is 0 Å². The molecule has 1 aromatic heterocycles. The van der Waals surface area contributed by atoms with Crippen LogP contribution in [0.1, 0.15) is 64.9 Å². The average Bonchev–Trinajstić information content (AvgIpc) is 4.30. The molecule has 36 heteroatoms. The SMILES string of the molecule is CC(C)C[C@@H]1NC(=O)[C@@H]2CCCN2C(=O)[C@H](CC(=O)O)NC(=O)C(CO)NC(=O)[C@H](CS)NC(=O)C(NC(=O)CN)CSSCC(C(=O)N[C@@H](C)C(=O)N[C@@H](Cc2c[nH]c3ccccc23)C(=O)N[C@@H](CCCN=C(N)N)C(=O)N[C@@H](CS)C(N)=O)NC1=O. The number of amides is 12. The predicted molar refractivity (Wildman–Crippen MR) is 331 cm³/mol. The van der Waals surface area contributed by atoms with Crippen molar-refractivity contribution in [1.29, 1.82) is 0 Å². The second kappa shape index (κ2) is 36.1. The molecule has 0 saturated carbocycles. The van der Waals surface area contributed by atoms with Crippen molar-refractivity contribution in [2.75, 3.05) is 49.3 Å². The molecule has 88 heavy (non-hydrogen) atoms. The van der Waals surface area contributed by atoms with Gasteiger partial charge in [0.25, 0.3) is 0 Å². The number of nitrogens with two attached hydrogens (primary N) is 4. The first-order valence-corrected chi connectivity index (χ1v) is 31.7. The number of carboxylic acid groups (broad SMARTS) is 1. The van der Waals surface area contributed by atoms with Crippen LogP contribution in [0.5, 0.6) is 0 Å². The minimum absolute atomic E-state index is 0.0355. The Hall–Kier alpha value is -7.54. The normalized spacial score (nSPS) is 22.4. The van der Waals surface area contributed by atoms with E-state index in [0.29, 0.717) is 16.5 Å². The monoisotopic (exact) mass is 1310 g/mol. The van der Waals surface area contributed by atoms with Crippen molar-refractivity contribution in [2.24, 2.45) is 33.8 Å². The summed E-state index contributed by atoms with van der Waals surface area (Å²) in [6.45, 7) is 3.07. The van der Waals surface area contributed by atoms with Crippen molar-refractivity contribution in [2.45, 2.75) is 132 Å². The molecule has 2 aliphatic heterocycles. The first kappa shape index (κ1) is 72.9. The number of hydrogen-bond acceptors (Lipinski definition) is 20. The van der Waals surface area contributed by atoms with Crippen LogP contribution in [0, 0.1) is 5.92 Å². The van der Waals surface area contributed by atoms with Crippen LogP contribution >= 0.6 is 46.8 Å². The Morgan fingerprint density at radius 1 is 0.761 bits per heavy atom. The van der Waals surface area contributed by atoms with Gasteiger partial charge in [-0.05, 0) is 56.6 Å². The summed E-state index contributed by atoms with van der Waals surface area (Å²) in [6, 6.07) is -9.33. The van der Waals surface area contributed by atoms with Gasteiger partial charge < -0.3 is 96.2 Å². The Balaban J connectivity index is 1.72. The van der Waals surface area contributed by atoms with Crippen LogP contribution in [0.4, 0.5) is 0 Å². The number of aliphatic hydroxyl groups excluding tert-OH is 1. The van der Waals surface area contributed by atoms with Gasteiger partial charge in [-0.2, -0.15) is 25.3 Å². The highest BCUT2D eigenvalue weighted by atomic mass is 33.1. The topological polar surface area (TPSA) is 518 Å². The fourth-order valence-electron chi connectivity index (χ4n) is 9.11. The number of aliphatic carboxylic acids is 1. The van der Waals surface area contributed by atoms with Crippen molar-refractivity contribution < 1.29 is 72.5 Å². The standard InChI is InChI=1S/C52H79N17O15S4/c1-24(2)14-30-44(77)68-37(48(81)59-25(3)42(75)62-31(15-26-18-58-28-9-5-4-8-27(26)28)45(78)61-29(10-6-12-57-52(55)56)43(76)66-34(20-85)41(54)74)23-88-87-22-36(60-39(71)17-53)49(82)67-35(21-86)47(80)65-33(19-70)46(79)64-32(16-40(72)73)51(84)69-13-7-11-38(69)50(83)63-30/h4-5,8-9,18,24-25,29-38,58,70,85-86H,6-7,10-17,19-23,53H2,1-3H3,(H2,54,74)(H,59,81)(H,60,71)(H,61,78)(H,62,75)(H,63,83)(H,64,79)(H,65,80)(H,66,76)(H,67,82)(H,68,77)(H,72,73)(H4,55,56,57)/t25-,29-,30-,31-,32-,33?,34-,35-,36?,37?,38-/m0/s1. The van der Waals surface area contributed by atoms with E-state index in [1.54, 1.807) is 44.3 Å². The maximum Gasteiger partial charge on any atom is 0.305 e. The second-order valence-electron chi connectivity index (χ2n) is 21.0. The quantitative estimate of drug-likeness (QED) is 0.0153. The summed E-state index contributed by atoms with van der Waals surface area (Å²) in [7, 11) is 1.82. The van der Waals surface area contributed by atoms with Gasteiger partial charge in [-0.15, -0.1) is 0 Å². The van der Waals surface area contributed by atoms with Crippen molar-refractivity contribution in [1.82, 2.24) is 63.1 Å². The minimum atomic E-state index is -1.85. The number of para-hydroxylation sites is 1. The molecule has 486 valence electrons. The molecule has 3 heterocycles. The Morgan fingerprint density at radius 2 is 1.38 bits per heavy atom. The summed E-state index contributed by atoms with van der Waals surface area (Å²) < 4.78 is 0. The molecule has 0 aliphatic carbocycles. The Kier molecular flexibility index (Phi) is 29.9. The number of carbonyl (C=O) groups excluding carboxylic acids is 12. The van der Waals surface area contributed by atoms with Crippen LogP contribution in [-0.4, -0.2) is 219 Å². The highest BCUT2D eigenvalue weighted by molar-refractivity contribution is 8.76. The zero-order valence-corrected chi connectivity index (χ0v) is 52.0. The zero-order valence-electron chi connectivity index (χ0n) is 48.5. The molecule has 2 saturated heterocycles. The number of aliphatic hydroxyl groups is 1. The van der Waals surface area contributed by atoms with E-state index in [9.17, 15) is 72.5 Å². The molecule has 2 aromatic rings. The molecule has 2 aliphatic rings. The van der Waals surface area contributed by atoms with Crippen molar-refractivity contribution in [3.8, 4) is 0 Å². The molecular weight excluding hydrogens is 1230 g/mol. The van der Waals surface area contributed by atoms with Gasteiger partial charge in [0.1, 0.15) is 66.5 Å². The van der Waals surface area contributed by atoms with Crippen LogP contribution in [0.2, 0.25) is 0 Å². The summed E-state index contributed by atoms with van der Waals surface area (Å²) in [5.41, 5.74) is 23.2. The Morgan fingerprint density at radius 3 is 2.01 bits per heavy atom. The van der Waals surface area contributed by atoms with E-state index in [2.05, 4.69) is 88.4 Å². The van der Waals surface area contributed by atoms with Gasteiger partial charge in [0.05, 0.1) is 19.6 Å². The Labute approximate surface area is 525 Å². The lowest BCUT2D eigenvalue weighted by molar-refractivity contribution is -0.146. The van der Waals surface area contributed by atoms with Crippen LogP contribution in [0.3, 0.4) is 0 Å². The summed E-state index contributed by atoms with van der Waals surface area (Å²) in [6.07, 6.45) is 0.760. The third-order valence-corrected chi connectivity index (χ3v) is 16.9. The second-order valence-corrected chi connectivity index (χ2v) is 24.3. The van der Waals surface area contributed by atoms with E-state index < -0.39 is 169 Å². The Bertz CT molecular complexity index is 2880. The molecule has 0 spiro atoms. The predicted octanol–water partition coefficient (Wildman–Crippen LogP) is -6.17. The van der Waals surface area contributed by atoms with E-state index >= 15 is 0 Å². The molecule has 1 aromatic carbocycles. The van der Waals surface area contributed by atoms with Crippen LogP contribution in [0.15, 0.2) is 35.5 Å². The average molecular weight is 1310 g/mol. The van der Waals surface area contributed by atoms with Gasteiger partial charge in [-0.1, -0.05) is 53.6 Å². The van der Waals surface area contributed by atoms with E-state index in [1.165, 1.54) is 6.92 Å². The highest BCUT2D eigenvalue weighted by Crippen LogP contribution is 2.25. The van der Waals surface area contributed by atoms with Crippen molar-refractivity contribution >= 4 is 141 Å². The van der Waals surface area contributed by atoms with Crippen LogP contribution < -0.4 is 76.1 Å². The molecule has 4 rings (SSSR count). The zero-order chi connectivity index (χ0) is 65.4. The van der Waals surface area contributed by atoms with Crippen molar-refractivity contribution in [3.63, 3.8) is 0 Å². The van der Waals surface area contributed by atoms with Gasteiger partial charge in [0, 0.05) is 59.6 Å². The number of rotatable bonds is 24. The van der Waals surface area contributed by atoms with Crippen molar-refractivity contribution in [3.05, 3.63) is 36.0 Å². The molecular formula is C52H79N17O15S4. The lowest BCUT2D eigenvalue weighted by Crippen LogP contribution is -2.61. The fraction of sp³-hybridized carbons (Fsp3) is 0.577. The van der Waals surface area contributed by atoms with Gasteiger partial charge in [0.15, 0.2) is 5.96 Å². The van der Waals surface area contributed by atoms with Gasteiger partial charge in [-0.3, -0.25) is 67.3 Å². The minimum Gasteiger partial charge on any atom is -0.481 e. The lowest BCUT2D eigenvalue weighted by Gasteiger charge is -2.30. The maximum atomic E-state index is 14.5. The molecule has 11 atom stereocenters. The summed E-state index contributed by atoms with van der Waals surface area (Å²) in [5.74, 6) is -14.6. The number of hydrogen-bond donors (Lipinski definition) is 19.